The third-order valence-electron chi connectivity index (χ3n) is 4.27. The van der Waals surface area contributed by atoms with Crippen LogP contribution in [-0.4, -0.2) is 28.5 Å². The zero-order valence-corrected chi connectivity index (χ0v) is 11.9. The summed E-state index contributed by atoms with van der Waals surface area (Å²) in [6, 6.07) is 1.27. The van der Waals surface area contributed by atoms with Gasteiger partial charge in [0, 0.05) is 17.8 Å². The van der Waals surface area contributed by atoms with Gasteiger partial charge < -0.3 is 5.73 Å². The van der Waals surface area contributed by atoms with Crippen molar-refractivity contribution in [3.05, 3.63) is 29.8 Å². The Labute approximate surface area is 115 Å². The highest BCUT2D eigenvalue weighted by atomic mass is 19.1. The van der Waals surface area contributed by atoms with Gasteiger partial charge in [0.05, 0.1) is 6.20 Å². The molecule has 1 aromatic rings. The van der Waals surface area contributed by atoms with Gasteiger partial charge in [0.25, 0.3) is 0 Å². The predicted molar refractivity (Wildman–Crippen MR) is 75.2 cm³/mol. The lowest BCUT2D eigenvalue weighted by atomic mass is 9.88. The zero-order valence-electron chi connectivity index (χ0n) is 11.9. The smallest absolute Gasteiger partial charge is 0.141 e. The lowest BCUT2D eigenvalue weighted by molar-refractivity contribution is 0.0978. The monoisotopic (exact) mass is 265 g/mol. The van der Waals surface area contributed by atoms with E-state index in [0.29, 0.717) is 0 Å². The topological polar surface area (TPSA) is 42.1 Å². The average Bonchev–Trinajstić information content (AvgIpc) is 2.67. The molecule has 19 heavy (non-hydrogen) atoms. The van der Waals surface area contributed by atoms with Gasteiger partial charge in [-0.1, -0.05) is 12.8 Å². The first-order valence-electron chi connectivity index (χ1n) is 7.13. The minimum Gasteiger partial charge on any atom is -0.322 e. The summed E-state index contributed by atoms with van der Waals surface area (Å²) in [7, 11) is 0. The Morgan fingerprint density at radius 3 is 2.42 bits per heavy atom. The maximum absolute atomic E-state index is 13.3. The van der Waals surface area contributed by atoms with Crippen LogP contribution in [0.15, 0.2) is 18.5 Å². The number of nitrogens with two attached hydrogens (primary N) is 1. The van der Waals surface area contributed by atoms with E-state index in [9.17, 15) is 4.39 Å². The van der Waals surface area contributed by atoms with Crippen LogP contribution in [0.3, 0.4) is 0 Å². The third kappa shape index (κ3) is 3.31. The summed E-state index contributed by atoms with van der Waals surface area (Å²) in [6.45, 7) is 6.44. The summed E-state index contributed by atoms with van der Waals surface area (Å²) in [4.78, 5) is 6.35. The second kappa shape index (κ2) is 5.97. The molecule has 3 nitrogen and oxygen atoms in total. The van der Waals surface area contributed by atoms with Crippen molar-refractivity contribution >= 4 is 0 Å². The quantitative estimate of drug-likeness (QED) is 0.913. The second-order valence-corrected chi connectivity index (χ2v) is 5.97. The fraction of sp³-hybridized carbons (Fsp3) is 0.667. The fourth-order valence-corrected chi connectivity index (χ4v) is 2.85. The van der Waals surface area contributed by atoms with Gasteiger partial charge in [0.2, 0.25) is 0 Å². The summed E-state index contributed by atoms with van der Waals surface area (Å²) >= 11 is 0. The first-order chi connectivity index (χ1) is 9.01. The molecule has 2 N–H and O–H groups in total. The maximum Gasteiger partial charge on any atom is 0.141 e. The normalized spacial score (nSPS) is 20.0. The lowest BCUT2D eigenvalue weighted by Gasteiger charge is -2.42. The van der Waals surface area contributed by atoms with E-state index in [0.717, 1.165) is 18.7 Å². The highest BCUT2D eigenvalue weighted by molar-refractivity contribution is 5.19. The molecule has 0 amide bonds. The molecule has 0 saturated carbocycles. The van der Waals surface area contributed by atoms with Crippen LogP contribution in [-0.2, 0) is 0 Å². The van der Waals surface area contributed by atoms with Crippen LogP contribution in [0.1, 0.15) is 51.1 Å². The van der Waals surface area contributed by atoms with E-state index >= 15 is 0 Å². The minimum atomic E-state index is -0.320. The number of aromatic nitrogens is 1. The molecule has 0 bridgehead atoms. The highest BCUT2D eigenvalue weighted by Gasteiger charge is 2.34. The molecular formula is C15H24FN3. The Morgan fingerprint density at radius 1 is 1.21 bits per heavy atom. The number of halogens is 1. The first-order valence-corrected chi connectivity index (χ1v) is 7.13. The van der Waals surface area contributed by atoms with Crippen LogP contribution in [0.4, 0.5) is 4.39 Å². The van der Waals surface area contributed by atoms with Crippen LogP contribution in [0.5, 0.6) is 0 Å². The van der Waals surface area contributed by atoms with Crippen LogP contribution in [0.2, 0.25) is 0 Å². The molecule has 1 fully saturated rings. The standard InChI is InChI=1S/C15H24FN3/c1-15(2,19-7-5-3-4-6-8-19)14(17)12-9-13(16)11-18-10-12/h9-11,14H,3-8,17H2,1-2H3. The Hall–Kier alpha value is -1.00. The predicted octanol–water partition coefficient (Wildman–Crippen LogP) is 2.88. The summed E-state index contributed by atoms with van der Waals surface area (Å²) in [6.07, 6.45) is 7.92. The van der Waals surface area contributed by atoms with E-state index in [1.165, 1.54) is 37.9 Å². The largest absolute Gasteiger partial charge is 0.322 e. The Morgan fingerprint density at radius 2 is 1.84 bits per heavy atom. The number of rotatable bonds is 3. The van der Waals surface area contributed by atoms with Gasteiger partial charge in [0.1, 0.15) is 5.82 Å². The van der Waals surface area contributed by atoms with Crippen molar-refractivity contribution in [2.45, 2.75) is 51.1 Å². The number of pyridine rings is 1. The van der Waals surface area contributed by atoms with Crippen molar-refractivity contribution in [3.63, 3.8) is 0 Å². The van der Waals surface area contributed by atoms with Crippen molar-refractivity contribution in [1.29, 1.82) is 0 Å². The van der Waals surface area contributed by atoms with Crippen molar-refractivity contribution in [1.82, 2.24) is 9.88 Å². The van der Waals surface area contributed by atoms with Gasteiger partial charge in [-0.05, 0) is 51.4 Å². The molecular weight excluding hydrogens is 241 g/mol. The number of hydrogen-bond acceptors (Lipinski definition) is 3. The summed E-state index contributed by atoms with van der Waals surface area (Å²) in [5, 5.41) is 0. The summed E-state index contributed by atoms with van der Waals surface area (Å²) in [5.41, 5.74) is 6.97. The average molecular weight is 265 g/mol. The maximum atomic E-state index is 13.3. The van der Waals surface area contributed by atoms with Gasteiger partial charge >= 0.3 is 0 Å². The van der Waals surface area contributed by atoms with Crippen molar-refractivity contribution in [3.8, 4) is 0 Å². The number of hydrogen-bond donors (Lipinski definition) is 1. The van der Waals surface area contributed by atoms with Crippen LogP contribution < -0.4 is 5.73 Å². The molecule has 0 spiro atoms. The van der Waals surface area contributed by atoms with Crippen LogP contribution >= 0.6 is 0 Å². The number of nitrogens with zero attached hydrogens (tertiary/aromatic N) is 2. The van der Waals surface area contributed by atoms with Gasteiger partial charge in [-0.3, -0.25) is 9.88 Å². The molecule has 0 aliphatic carbocycles. The molecule has 1 aliphatic heterocycles. The second-order valence-electron chi connectivity index (χ2n) is 5.97. The summed E-state index contributed by atoms with van der Waals surface area (Å²) in [5.74, 6) is -0.320. The fourth-order valence-electron chi connectivity index (χ4n) is 2.85. The van der Waals surface area contributed by atoms with E-state index in [1.54, 1.807) is 6.20 Å². The van der Waals surface area contributed by atoms with Gasteiger partial charge in [-0.15, -0.1) is 0 Å². The van der Waals surface area contributed by atoms with E-state index in [1.807, 2.05) is 0 Å². The van der Waals surface area contributed by atoms with E-state index in [2.05, 4.69) is 23.7 Å². The molecule has 1 aromatic heterocycles. The molecule has 1 aliphatic rings. The molecule has 2 rings (SSSR count). The molecule has 0 aromatic carbocycles. The molecule has 106 valence electrons. The lowest BCUT2D eigenvalue weighted by Crippen LogP contribution is -2.51. The van der Waals surface area contributed by atoms with E-state index in [4.69, 9.17) is 5.73 Å². The molecule has 0 radical (unpaired) electrons. The molecule has 4 heteroatoms. The first kappa shape index (κ1) is 14.4. The highest BCUT2D eigenvalue weighted by Crippen LogP contribution is 2.30. The summed E-state index contributed by atoms with van der Waals surface area (Å²) < 4.78 is 13.3. The van der Waals surface area contributed by atoms with Crippen LogP contribution in [0, 0.1) is 5.82 Å². The van der Waals surface area contributed by atoms with E-state index < -0.39 is 0 Å². The van der Waals surface area contributed by atoms with Crippen molar-refractivity contribution in [2.24, 2.45) is 5.73 Å². The van der Waals surface area contributed by atoms with Gasteiger partial charge in [-0.25, -0.2) is 4.39 Å². The molecule has 1 unspecified atom stereocenters. The Kier molecular flexibility index (Phi) is 4.53. The van der Waals surface area contributed by atoms with Gasteiger partial charge in [-0.2, -0.15) is 0 Å². The molecule has 1 atom stereocenters. The Bertz CT molecular complexity index is 412. The zero-order chi connectivity index (χ0) is 13.9. The molecule has 1 saturated heterocycles. The SMILES string of the molecule is CC(C)(C(N)c1cncc(F)c1)N1CCCCCC1. The molecule has 2 heterocycles. The van der Waals surface area contributed by atoms with Crippen molar-refractivity contribution in [2.75, 3.05) is 13.1 Å². The van der Waals surface area contributed by atoms with Crippen LogP contribution in [0.25, 0.3) is 0 Å². The van der Waals surface area contributed by atoms with E-state index in [-0.39, 0.29) is 17.4 Å². The number of likely N-dealkylation sites (tertiary alicyclic amines) is 1. The van der Waals surface area contributed by atoms with Crippen molar-refractivity contribution < 1.29 is 4.39 Å². The Balaban J connectivity index is 2.17. The minimum absolute atomic E-state index is 0.181. The third-order valence-corrected chi connectivity index (χ3v) is 4.27. The van der Waals surface area contributed by atoms with Gasteiger partial charge in [0.15, 0.2) is 0 Å².